The number of hydrogen-bond donors (Lipinski definition) is 0. The van der Waals surface area contributed by atoms with Gasteiger partial charge in [0.2, 0.25) is 0 Å². The van der Waals surface area contributed by atoms with E-state index in [1.807, 2.05) is 27.7 Å². The quantitative estimate of drug-likeness (QED) is 0.394. The Hall–Kier alpha value is -2.88. The highest BCUT2D eigenvalue weighted by molar-refractivity contribution is 7.86. The third-order valence-electron chi connectivity index (χ3n) is 4.68. The lowest BCUT2D eigenvalue weighted by Gasteiger charge is -2.21. The monoisotopic (exact) mass is 506 g/mol. The van der Waals surface area contributed by atoms with Gasteiger partial charge in [-0.2, -0.15) is 13.5 Å². The third kappa shape index (κ3) is 5.97. The van der Waals surface area contributed by atoms with Gasteiger partial charge in [-0.15, -0.1) is 0 Å². The lowest BCUT2D eigenvalue weighted by Crippen LogP contribution is -2.36. The molecule has 0 radical (unpaired) electrons. The largest absolute Gasteiger partial charge is 0.485 e. The molecule has 0 aliphatic rings. The Morgan fingerprint density at radius 2 is 1.82 bits per heavy atom. The van der Waals surface area contributed by atoms with Gasteiger partial charge in [0, 0.05) is 0 Å². The van der Waals surface area contributed by atoms with Crippen molar-refractivity contribution < 1.29 is 22.1 Å². The standard InChI is InChI=1S/C24H27ClN2O6S/c1-6-32-34(29,30)21-11-10-16(2)12-19(21)33-18-9-7-8-17(13-18)15-31-20-14-26-27(24(3,4)5)23(28)22(20)25/h7-14H,6,15H2,1-5H3. The number of aromatic nitrogens is 2. The Balaban J connectivity index is 1.82. The first-order chi connectivity index (χ1) is 15.9. The summed E-state index contributed by atoms with van der Waals surface area (Å²) < 4.78 is 42.8. The van der Waals surface area contributed by atoms with Gasteiger partial charge in [-0.3, -0.25) is 8.98 Å². The van der Waals surface area contributed by atoms with Crippen LogP contribution < -0.4 is 15.0 Å². The van der Waals surface area contributed by atoms with Gasteiger partial charge < -0.3 is 9.47 Å². The van der Waals surface area contributed by atoms with Crippen LogP contribution >= 0.6 is 11.6 Å². The minimum absolute atomic E-state index is 0.0141. The molecule has 1 aromatic heterocycles. The molecule has 0 fully saturated rings. The summed E-state index contributed by atoms with van der Waals surface area (Å²) in [7, 11) is -3.96. The van der Waals surface area contributed by atoms with Crippen molar-refractivity contribution in [3.8, 4) is 17.2 Å². The van der Waals surface area contributed by atoms with E-state index >= 15 is 0 Å². The highest BCUT2D eigenvalue weighted by atomic mass is 35.5. The van der Waals surface area contributed by atoms with Gasteiger partial charge in [-0.05, 0) is 70.0 Å². The average Bonchev–Trinajstić information content (AvgIpc) is 2.74. The van der Waals surface area contributed by atoms with Crippen LogP contribution in [0.1, 0.15) is 38.8 Å². The maximum Gasteiger partial charge on any atom is 0.300 e. The van der Waals surface area contributed by atoms with E-state index < -0.39 is 21.2 Å². The van der Waals surface area contributed by atoms with Crippen LogP contribution in [0.3, 0.4) is 0 Å². The van der Waals surface area contributed by atoms with E-state index in [2.05, 4.69) is 5.10 Å². The normalized spacial score (nSPS) is 11.9. The molecule has 0 spiro atoms. The first-order valence-corrected chi connectivity index (χ1v) is 12.4. The van der Waals surface area contributed by atoms with Crippen LogP contribution in [0.15, 0.2) is 58.4 Å². The van der Waals surface area contributed by atoms with Crippen molar-refractivity contribution in [1.29, 1.82) is 0 Å². The Morgan fingerprint density at radius 1 is 1.09 bits per heavy atom. The molecule has 0 N–H and O–H groups in total. The Bertz CT molecular complexity index is 1350. The van der Waals surface area contributed by atoms with Crippen LogP contribution in [0, 0.1) is 6.92 Å². The van der Waals surface area contributed by atoms with Crippen molar-refractivity contribution in [2.75, 3.05) is 6.61 Å². The summed E-state index contributed by atoms with van der Waals surface area (Å²) in [6.07, 6.45) is 1.41. The summed E-state index contributed by atoms with van der Waals surface area (Å²) in [6.45, 7) is 9.09. The SMILES string of the molecule is CCOS(=O)(=O)c1ccc(C)cc1Oc1cccc(COc2cnn(C(C)(C)C)c(=O)c2Cl)c1. The molecular weight excluding hydrogens is 480 g/mol. The summed E-state index contributed by atoms with van der Waals surface area (Å²) in [5, 5.41) is 4.10. The highest BCUT2D eigenvalue weighted by Gasteiger charge is 2.22. The topological polar surface area (TPSA) is 96.7 Å². The number of hydrogen-bond acceptors (Lipinski definition) is 7. The molecule has 2 aromatic carbocycles. The van der Waals surface area contributed by atoms with Crippen LogP contribution in [0.25, 0.3) is 0 Å². The fraction of sp³-hybridized carbons (Fsp3) is 0.333. The van der Waals surface area contributed by atoms with Crippen molar-refractivity contribution >= 4 is 21.7 Å². The number of aryl methyl sites for hydroxylation is 1. The molecule has 0 aliphatic carbocycles. The molecule has 8 nitrogen and oxygen atoms in total. The number of ether oxygens (including phenoxy) is 2. The Labute approximate surface area is 204 Å². The second-order valence-corrected chi connectivity index (χ2v) is 10.5. The zero-order valence-electron chi connectivity index (χ0n) is 19.7. The maximum atomic E-state index is 12.5. The molecule has 0 amide bonds. The highest BCUT2D eigenvalue weighted by Crippen LogP contribution is 2.32. The summed E-state index contributed by atoms with van der Waals surface area (Å²) in [6, 6.07) is 11.7. The number of halogens is 1. The zero-order valence-corrected chi connectivity index (χ0v) is 21.2. The van der Waals surface area contributed by atoms with E-state index in [1.54, 1.807) is 43.3 Å². The molecule has 0 bridgehead atoms. The fourth-order valence-corrected chi connectivity index (χ4v) is 4.31. The number of benzene rings is 2. The molecule has 182 valence electrons. The van der Waals surface area contributed by atoms with E-state index in [9.17, 15) is 13.2 Å². The van der Waals surface area contributed by atoms with Crippen molar-refractivity contribution in [3.05, 3.63) is 75.2 Å². The van der Waals surface area contributed by atoms with Gasteiger partial charge in [0.1, 0.15) is 23.0 Å². The number of rotatable bonds is 8. The molecule has 0 saturated heterocycles. The molecule has 1 heterocycles. The summed E-state index contributed by atoms with van der Waals surface area (Å²) in [4.78, 5) is 12.4. The molecule has 34 heavy (non-hydrogen) atoms. The third-order valence-corrected chi connectivity index (χ3v) is 6.45. The van der Waals surface area contributed by atoms with Gasteiger partial charge in [-0.1, -0.05) is 29.8 Å². The second-order valence-electron chi connectivity index (χ2n) is 8.56. The van der Waals surface area contributed by atoms with Crippen LogP contribution in [0.5, 0.6) is 17.2 Å². The van der Waals surface area contributed by atoms with E-state index in [0.717, 1.165) is 11.1 Å². The lowest BCUT2D eigenvalue weighted by molar-refractivity contribution is 0.291. The van der Waals surface area contributed by atoms with Gasteiger partial charge in [0.25, 0.3) is 5.56 Å². The minimum Gasteiger partial charge on any atom is -0.485 e. The van der Waals surface area contributed by atoms with E-state index in [-0.39, 0.29) is 34.6 Å². The van der Waals surface area contributed by atoms with Crippen LogP contribution in [0.2, 0.25) is 5.02 Å². The smallest absolute Gasteiger partial charge is 0.300 e. The molecule has 3 rings (SSSR count). The first kappa shape index (κ1) is 25.7. The minimum atomic E-state index is -3.96. The number of nitrogens with zero attached hydrogens (tertiary/aromatic N) is 2. The first-order valence-electron chi connectivity index (χ1n) is 10.6. The molecule has 10 heteroatoms. The molecule has 3 aromatic rings. The Morgan fingerprint density at radius 3 is 2.50 bits per heavy atom. The van der Waals surface area contributed by atoms with E-state index in [4.69, 9.17) is 25.3 Å². The van der Waals surface area contributed by atoms with Crippen LogP contribution in [0.4, 0.5) is 0 Å². The Kier molecular flexibility index (Phi) is 7.70. The summed E-state index contributed by atoms with van der Waals surface area (Å²) >= 11 is 6.22. The zero-order chi connectivity index (χ0) is 25.1. The van der Waals surface area contributed by atoms with Crippen LogP contribution in [-0.4, -0.2) is 24.8 Å². The van der Waals surface area contributed by atoms with E-state index in [0.29, 0.717) is 5.75 Å². The van der Waals surface area contributed by atoms with Gasteiger partial charge >= 0.3 is 10.1 Å². The predicted molar refractivity (Wildman–Crippen MR) is 129 cm³/mol. The van der Waals surface area contributed by atoms with Crippen molar-refractivity contribution in [2.24, 2.45) is 0 Å². The fourth-order valence-electron chi connectivity index (χ4n) is 3.10. The lowest BCUT2D eigenvalue weighted by atomic mass is 10.1. The predicted octanol–water partition coefficient (Wildman–Crippen LogP) is 5.06. The summed E-state index contributed by atoms with van der Waals surface area (Å²) in [5.41, 5.74) is 0.591. The maximum absolute atomic E-state index is 12.5. The molecular formula is C24H27ClN2O6S. The van der Waals surface area contributed by atoms with Crippen LogP contribution in [-0.2, 0) is 26.4 Å². The van der Waals surface area contributed by atoms with E-state index in [1.165, 1.54) is 16.9 Å². The second kappa shape index (κ2) is 10.2. The van der Waals surface area contributed by atoms with Gasteiger partial charge in [-0.25, -0.2) is 4.68 Å². The van der Waals surface area contributed by atoms with Crippen molar-refractivity contribution in [3.63, 3.8) is 0 Å². The molecule has 0 saturated carbocycles. The summed E-state index contributed by atoms with van der Waals surface area (Å²) in [5.74, 6) is 0.735. The molecule has 0 unspecified atom stereocenters. The van der Waals surface area contributed by atoms with Crippen molar-refractivity contribution in [1.82, 2.24) is 9.78 Å². The van der Waals surface area contributed by atoms with Gasteiger partial charge in [0.05, 0.1) is 18.3 Å². The molecule has 0 aliphatic heterocycles. The van der Waals surface area contributed by atoms with Crippen molar-refractivity contribution in [2.45, 2.75) is 51.7 Å². The average molecular weight is 507 g/mol. The van der Waals surface area contributed by atoms with Gasteiger partial charge in [0.15, 0.2) is 10.8 Å². The molecule has 0 atom stereocenters.